The standard InChI is InChI=1S/C22H22N2O2S/c1-2-5-19(14-25)23-22(26)18-10-8-16(9-11-18)15-27-21-13-12-17-6-3-4-7-20(17)24-21/h3-4,6-14,19H,2,5,15H2,1H3,(H,23,26). The fraction of sp³-hybridized carbons (Fsp3) is 0.227. The Labute approximate surface area is 163 Å². The minimum atomic E-state index is -0.420. The van der Waals surface area contributed by atoms with Gasteiger partial charge in [-0.2, -0.15) is 0 Å². The third-order valence-corrected chi connectivity index (χ3v) is 5.26. The van der Waals surface area contributed by atoms with Gasteiger partial charge < -0.3 is 10.1 Å². The molecular weight excluding hydrogens is 356 g/mol. The first-order valence-electron chi connectivity index (χ1n) is 9.03. The molecule has 5 heteroatoms. The number of rotatable bonds is 8. The highest BCUT2D eigenvalue weighted by molar-refractivity contribution is 7.98. The number of aldehydes is 1. The maximum absolute atomic E-state index is 12.2. The molecule has 1 amide bonds. The fourth-order valence-electron chi connectivity index (χ4n) is 2.77. The van der Waals surface area contributed by atoms with Gasteiger partial charge in [0.05, 0.1) is 16.6 Å². The SMILES string of the molecule is CCCC(C=O)NC(=O)c1ccc(CSc2ccc3ccccc3n2)cc1. The predicted molar refractivity (Wildman–Crippen MR) is 110 cm³/mol. The van der Waals surface area contributed by atoms with Crippen molar-refractivity contribution in [3.05, 3.63) is 71.8 Å². The van der Waals surface area contributed by atoms with Crippen molar-refractivity contribution in [2.24, 2.45) is 0 Å². The predicted octanol–water partition coefficient (Wildman–Crippen LogP) is 4.62. The largest absolute Gasteiger partial charge is 0.343 e. The smallest absolute Gasteiger partial charge is 0.251 e. The van der Waals surface area contributed by atoms with E-state index in [1.165, 1.54) is 0 Å². The van der Waals surface area contributed by atoms with Crippen LogP contribution in [0.25, 0.3) is 10.9 Å². The van der Waals surface area contributed by atoms with Crippen LogP contribution in [0.5, 0.6) is 0 Å². The van der Waals surface area contributed by atoms with Gasteiger partial charge in [-0.3, -0.25) is 4.79 Å². The van der Waals surface area contributed by atoms with Crippen LogP contribution in [0.3, 0.4) is 0 Å². The van der Waals surface area contributed by atoms with Crippen molar-refractivity contribution in [3.63, 3.8) is 0 Å². The molecular formula is C22H22N2O2S. The monoisotopic (exact) mass is 378 g/mol. The lowest BCUT2D eigenvalue weighted by Crippen LogP contribution is -2.35. The summed E-state index contributed by atoms with van der Waals surface area (Å²) in [4.78, 5) is 27.9. The lowest BCUT2D eigenvalue weighted by atomic mass is 10.1. The summed E-state index contributed by atoms with van der Waals surface area (Å²) in [5.41, 5.74) is 2.67. The maximum Gasteiger partial charge on any atom is 0.251 e. The van der Waals surface area contributed by atoms with Crippen molar-refractivity contribution in [2.75, 3.05) is 0 Å². The Bertz CT molecular complexity index is 925. The van der Waals surface area contributed by atoms with E-state index in [-0.39, 0.29) is 5.91 Å². The summed E-state index contributed by atoms with van der Waals surface area (Å²) in [6, 6.07) is 19.2. The summed E-state index contributed by atoms with van der Waals surface area (Å²) in [7, 11) is 0. The number of carbonyl (C=O) groups excluding carboxylic acids is 2. The second kappa shape index (κ2) is 9.33. The molecule has 0 aliphatic heterocycles. The van der Waals surface area contributed by atoms with E-state index in [0.717, 1.165) is 40.0 Å². The molecule has 27 heavy (non-hydrogen) atoms. The van der Waals surface area contributed by atoms with Gasteiger partial charge in [-0.05, 0) is 36.2 Å². The first-order valence-corrected chi connectivity index (χ1v) is 10.0. The van der Waals surface area contributed by atoms with Crippen molar-refractivity contribution < 1.29 is 9.59 Å². The van der Waals surface area contributed by atoms with E-state index in [4.69, 9.17) is 0 Å². The summed E-state index contributed by atoms with van der Waals surface area (Å²) in [5.74, 6) is 0.566. The molecule has 2 aromatic carbocycles. The van der Waals surface area contributed by atoms with E-state index in [2.05, 4.69) is 22.4 Å². The zero-order valence-corrected chi connectivity index (χ0v) is 16.0. The van der Waals surface area contributed by atoms with Crippen LogP contribution in [0.15, 0.2) is 65.7 Å². The molecule has 4 nitrogen and oxygen atoms in total. The normalized spacial score (nSPS) is 11.9. The van der Waals surface area contributed by atoms with Gasteiger partial charge in [0, 0.05) is 16.7 Å². The number of carbonyl (C=O) groups is 2. The number of nitrogens with one attached hydrogen (secondary N) is 1. The van der Waals surface area contributed by atoms with Crippen LogP contribution >= 0.6 is 11.8 Å². The van der Waals surface area contributed by atoms with E-state index < -0.39 is 6.04 Å². The Kier molecular flexibility index (Phi) is 6.60. The van der Waals surface area contributed by atoms with Crippen LogP contribution in [0.2, 0.25) is 0 Å². The Balaban J connectivity index is 1.59. The molecule has 1 unspecified atom stereocenters. The third kappa shape index (κ3) is 5.17. The number of pyridine rings is 1. The van der Waals surface area contributed by atoms with Gasteiger partial charge in [-0.1, -0.05) is 49.7 Å². The summed E-state index contributed by atoms with van der Waals surface area (Å²) < 4.78 is 0. The Morgan fingerprint density at radius 2 is 1.89 bits per heavy atom. The minimum absolute atomic E-state index is 0.212. The molecule has 0 saturated carbocycles. The summed E-state index contributed by atoms with van der Waals surface area (Å²) in [6.45, 7) is 1.99. The fourth-order valence-corrected chi connectivity index (χ4v) is 3.61. The molecule has 3 rings (SSSR count). The quantitative estimate of drug-likeness (QED) is 0.459. The van der Waals surface area contributed by atoms with Gasteiger partial charge in [-0.25, -0.2) is 4.98 Å². The Morgan fingerprint density at radius 1 is 1.11 bits per heavy atom. The molecule has 1 heterocycles. The maximum atomic E-state index is 12.2. The van der Waals surface area contributed by atoms with Crippen molar-refractivity contribution in [3.8, 4) is 0 Å². The van der Waals surface area contributed by atoms with Crippen molar-refractivity contribution in [2.45, 2.75) is 36.6 Å². The van der Waals surface area contributed by atoms with Crippen molar-refractivity contribution in [1.29, 1.82) is 0 Å². The molecule has 1 aromatic heterocycles. The summed E-state index contributed by atoms with van der Waals surface area (Å²) in [6.07, 6.45) is 2.30. The van der Waals surface area contributed by atoms with Gasteiger partial charge >= 0.3 is 0 Å². The topological polar surface area (TPSA) is 59.1 Å². The zero-order valence-electron chi connectivity index (χ0n) is 15.2. The average Bonchev–Trinajstić information content (AvgIpc) is 2.72. The Hall–Kier alpha value is -2.66. The molecule has 1 atom stereocenters. The van der Waals surface area contributed by atoms with Crippen molar-refractivity contribution in [1.82, 2.24) is 10.3 Å². The van der Waals surface area contributed by atoms with Crippen LogP contribution in [-0.4, -0.2) is 23.2 Å². The molecule has 0 aliphatic rings. The molecule has 138 valence electrons. The van der Waals surface area contributed by atoms with E-state index in [1.54, 1.807) is 23.9 Å². The highest BCUT2D eigenvalue weighted by Crippen LogP contribution is 2.23. The molecule has 0 aliphatic carbocycles. The highest BCUT2D eigenvalue weighted by atomic mass is 32.2. The van der Waals surface area contributed by atoms with Gasteiger partial charge in [0.2, 0.25) is 0 Å². The number of nitrogens with zero attached hydrogens (tertiary/aromatic N) is 1. The first-order chi connectivity index (χ1) is 13.2. The molecule has 0 spiro atoms. The molecule has 0 fully saturated rings. The zero-order chi connectivity index (χ0) is 19.1. The second-order valence-electron chi connectivity index (χ2n) is 6.33. The second-order valence-corrected chi connectivity index (χ2v) is 7.33. The lowest BCUT2D eigenvalue weighted by molar-refractivity contribution is -0.109. The molecule has 3 aromatic rings. The van der Waals surface area contributed by atoms with Gasteiger partial charge in [-0.15, -0.1) is 11.8 Å². The third-order valence-electron chi connectivity index (χ3n) is 4.26. The van der Waals surface area contributed by atoms with Gasteiger partial charge in [0.1, 0.15) is 6.29 Å². The molecule has 0 bridgehead atoms. The van der Waals surface area contributed by atoms with Crippen LogP contribution in [0, 0.1) is 0 Å². The van der Waals surface area contributed by atoms with E-state index in [0.29, 0.717) is 12.0 Å². The highest BCUT2D eigenvalue weighted by Gasteiger charge is 2.12. The number of fused-ring (bicyclic) bond motifs is 1. The van der Waals surface area contributed by atoms with E-state index in [9.17, 15) is 9.59 Å². The number of hydrogen-bond donors (Lipinski definition) is 1. The Morgan fingerprint density at radius 3 is 2.63 bits per heavy atom. The van der Waals surface area contributed by atoms with Crippen LogP contribution in [-0.2, 0) is 10.5 Å². The number of amides is 1. The number of thioether (sulfide) groups is 1. The first kappa shape index (κ1) is 19.1. The van der Waals surface area contributed by atoms with E-state index in [1.807, 2.05) is 43.3 Å². The van der Waals surface area contributed by atoms with E-state index >= 15 is 0 Å². The minimum Gasteiger partial charge on any atom is -0.343 e. The number of aromatic nitrogens is 1. The number of para-hydroxylation sites is 1. The van der Waals surface area contributed by atoms with Gasteiger partial charge in [0.25, 0.3) is 5.91 Å². The summed E-state index contributed by atoms with van der Waals surface area (Å²) in [5, 5.41) is 4.87. The lowest BCUT2D eigenvalue weighted by Gasteiger charge is -2.11. The molecule has 0 radical (unpaired) electrons. The van der Waals surface area contributed by atoms with Crippen LogP contribution < -0.4 is 5.32 Å². The van der Waals surface area contributed by atoms with Crippen molar-refractivity contribution >= 4 is 34.9 Å². The average molecular weight is 378 g/mol. The number of hydrogen-bond acceptors (Lipinski definition) is 4. The van der Waals surface area contributed by atoms with Crippen LogP contribution in [0.4, 0.5) is 0 Å². The molecule has 1 N–H and O–H groups in total. The summed E-state index contributed by atoms with van der Waals surface area (Å²) >= 11 is 1.67. The molecule has 0 saturated heterocycles. The van der Waals surface area contributed by atoms with Gasteiger partial charge in [0.15, 0.2) is 0 Å². The van der Waals surface area contributed by atoms with Crippen LogP contribution in [0.1, 0.15) is 35.7 Å². The number of benzene rings is 2.